The van der Waals surface area contributed by atoms with Crippen LogP contribution in [0.5, 0.6) is 0 Å². The van der Waals surface area contributed by atoms with E-state index in [-0.39, 0.29) is 35.8 Å². The first-order chi connectivity index (χ1) is 20.8. The summed E-state index contributed by atoms with van der Waals surface area (Å²) >= 11 is 0. The third-order valence-electron chi connectivity index (χ3n) is 9.24. The number of hydrogen-bond acceptors (Lipinski definition) is 7. The van der Waals surface area contributed by atoms with E-state index in [1.54, 1.807) is 7.05 Å². The van der Waals surface area contributed by atoms with Gasteiger partial charge in [-0.15, -0.1) is 0 Å². The highest BCUT2D eigenvalue weighted by atomic mass is 19.1. The molecule has 0 bridgehead atoms. The third-order valence-corrected chi connectivity index (χ3v) is 9.24. The van der Waals surface area contributed by atoms with Gasteiger partial charge in [0.2, 0.25) is 0 Å². The summed E-state index contributed by atoms with van der Waals surface area (Å²) < 4.78 is 19.7. The molecule has 3 aliphatic rings. The van der Waals surface area contributed by atoms with Gasteiger partial charge in [0.1, 0.15) is 5.82 Å². The molecule has 1 saturated heterocycles. The Balaban J connectivity index is 1.35. The second-order valence-corrected chi connectivity index (χ2v) is 12.2. The molecule has 2 aromatic rings. The van der Waals surface area contributed by atoms with Crippen LogP contribution >= 0.6 is 0 Å². The highest BCUT2D eigenvalue weighted by Gasteiger charge is 2.27. The number of benzene rings is 2. The van der Waals surface area contributed by atoms with Gasteiger partial charge in [-0.3, -0.25) is 24.2 Å². The van der Waals surface area contributed by atoms with Crippen LogP contribution in [-0.2, 0) is 33.7 Å². The molecular formula is C35H44FN3O4. The average molecular weight is 590 g/mol. The Labute approximate surface area is 254 Å². The fraction of sp³-hybridized carbons (Fsp3) is 0.514. The van der Waals surface area contributed by atoms with Gasteiger partial charge in [-0.2, -0.15) is 0 Å². The topological polar surface area (TPSA) is 79.0 Å². The van der Waals surface area contributed by atoms with Crippen LogP contribution in [0.4, 0.5) is 10.1 Å². The first-order valence-electron chi connectivity index (χ1n) is 15.8. The van der Waals surface area contributed by atoms with Crippen molar-refractivity contribution < 1.29 is 23.5 Å². The maximum absolute atomic E-state index is 14.2. The number of nitrogens with zero attached hydrogens (tertiary/aromatic N) is 2. The molecule has 0 aromatic heterocycles. The number of ketones is 3. The number of anilines is 1. The fourth-order valence-electron chi connectivity index (χ4n) is 6.67. The number of allylic oxidation sites excluding steroid dienone is 1. The SMILES string of the molecule is CNc1cc(F)cc2c1CC(=O)C(C(=O)Cc1ccc(C(=O)CCCN3CCOCC3)cc1CN(C)C1CCCCC1)=C2. The number of carbonyl (C=O) groups excluding carboxylic acids is 3. The van der Waals surface area contributed by atoms with Crippen molar-refractivity contribution in [2.45, 2.75) is 70.4 Å². The molecule has 1 saturated carbocycles. The molecule has 1 aliphatic heterocycles. The van der Waals surface area contributed by atoms with Gasteiger partial charge in [-0.05, 0) is 79.4 Å². The lowest BCUT2D eigenvalue weighted by Crippen LogP contribution is -2.36. The van der Waals surface area contributed by atoms with Crippen LogP contribution in [0.3, 0.4) is 0 Å². The summed E-state index contributed by atoms with van der Waals surface area (Å²) in [6.07, 6.45) is 8.92. The zero-order chi connectivity index (χ0) is 30.3. The molecule has 0 radical (unpaired) electrons. The first-order valence-corrected chi connectivity index (χ1v) is 15.8. The Hall–Kier alpha value is -3.20. The number of ether oxygens (including phenoxy) is 1. The smallest absolute Gasteiger partial charge is 0.170 e. The van der Waals surface area contributed by atoms with E-state index in [9.17, 15) is 18.8 Å². The van der Waals surface area contributed by atoms with Crippen molar-refractivity contribution in [3.63, 3.8) is 0 Å². The zero-order valence-corrected chi connectivity index (χ0v) is 25.6. The fourth-order valence-corrected chi connectivity index (χ4v) is 6.67. The highest BCUT2D eigenvalue weighted by Crippen LogP contribution is 2.31. The van der Waals surface area contributed by atoms with Gasteiger partial charge < -0.3 is 10.1 Å². The maximum atomic E-state index is 14.2. The summed E-state index contributed by atoms with van der Waals surface area (Å²) in [5.41, 5.74) is 4.38. The molecule has 5 rings (SSSR count). The molecule has 0 spiro atoms. The van der Waals surface area contributed by atoms with E-state index in [1.807, 2.05) is 18.2 Å². The predicted octanol–water partition coefficient (Wildman–Crippen LogP) is 5.25. The van der Waals surface area contributed by atoms with Crippen LogP contribution in [0.15, 0.2) is 35.9 Å². The Morgan fingerprint density at radius 3 is 2.56 bits per heavy atom. The third kappa shape index (κ3) is 7.85. The number of fused-ring (bicyclic) bond motifs is 1. The van der Waals surface area contributed by atoms with Gasteiger partial charge in [0.05, 0.1) is 18.8 Å². The van der Waals surface area contributed by atoms with Gasteiger partial charge in [0.25, 0.3) is 0 Å². The Morgan fingerprint density at radius 1 is 1.05 bits per heavy atom. The lowest BCUT2D eigenvalue weighted by Gasteiger charge is -2.32. The summed E-state index contributed by atoms with van der Waals surface area (Å²) in [6.45, 7) is 4.82. The average Bonchev–Trinajstić information content (AvgIpc) is 3.02. The minimum Gasteiger partial charge on any atom is -0.388 e. The van der Waals surface area contributed by atoms with Crippen LogP contribution in [0, 0.1) is 5.82 Å². The molecule has 0 amide bonds. The van der Waals surface area contributed by atoms with Crippen molar-refractivity contribution in [1.82, 2.24) is 9.80 Å². The largest absolute Gasteiger partial charge is 0.388 e. The summed E-state index contributed by atoms with van der Waals surface area (Å²) in [6, 6.07) is 8.89. The summed E-state index contributed by atoms with van der Waals surface area (Å²) in [4.78, 5) is 44.6. The summed E-state index contributed by atoms with van der Waals surface area (Å²) in [5, 5.41) is 2.95. The molecule has 0 unspecified atom stereocenters. The number of halogens is 1. The Morgan fingerprint density at radius 2 is 1.81 bits per heavy atom. The monoisotopic (exact) mass is 589 g/mol. The van der Waals surface area contributed by atoms with E-state index in [1.165, 1.54) is 37.5 Å². The minimum atomic E-state index is -0.418. The second-order valence-electron chi connectivity index (χ2n) is 12.2. The van der Waals surface area contributed by atoms with E-state index >= 15 is 0 Å². The molecule has 2 aromatic carbocycles. The van der Waals surface area contributed by atoms with E-state index in [0.717, 1.165) is 63.2 Å². The van der Waals surface area contributed by atoms with Crippen molar-refractivity contribution in [2.24, 2.45) is 0 Å². The molecule has 43 heavy (non-hydrogen) atoms. The Bertz CT molecular complexity index is 1380. The van der Waals surface area contributed by atoms with Gasteiger partial charge >= 0.3 is 0 Å². The van der Waals surface area contributed by atoms with Gasteiger partial charge in [0, 0.05) is 63.2 Å². The quantitative estimate of drug-likeness (QED) is 0.268. The maximum Gasteiger partial charge on any atom is 0.170 e. The number of morpholine rings is 1. The number of nitrogens with one attached hydrogen (secondary N) is 1. The molecule has 7 nitrogen and oxygen atoms in total. The van der Waals surface area contributed by atoms with Gasteiger partial charge in [-0.25, -0.2) is 4.39 Å². The number of carbonyl (C=O) groups is 3. The van der Waals surface area contributed by atoms with Crippen LogP contribution < -0.4 is 5.32 Å². The van der Waals surface area contributed by atoms with E-state index in [0.29, 0.717) is 41.4 Å². The molecule has 0 atom stereocenters. The lowest BCUT2D eigenvalue weighted by molar-refractivity contribution is -0.120. The van der Waals surface area contributed by atoms with E-state index in [2.05, 4.69) is 22.2 Å². The predicted molar refractivity (Wildman–Crippen MR) is 167 cm³/mol. The lowest BCUT2D eigenvalue weighted by atomic mass is 9.86. The van der Waals surface area contributed by atoms with Gasteiger partial charge in [-0.1, -0.05) is 31.4 Å². The first kappa shape index (κ1) is 31.2. The minimum absolute atomic E-state index is 0.0541. The number of rotatable bonds is 12. The van der Waals surface area contributed by atoms with Crippen LogP contribution in [-0.4, -0.2) is 80.1 Å². The summed E-state index contributed by atoms with van der Waals surface area (Å²) in [5.74, 6) is -0.846. The van der Waals surface area contributed by atoms with Gasteiger partial charge in [0.15, 0.2) is 17.3 Å². The molecule has 230 valence electrons. The normalized spacial score (nSPS) is 18.0. The standard InChI is InChI=1S/C35H44FN3O4/c1-37-32-21-28(36)18-26-19-31(35(42)22-30(26)32)34(41)20-24-10-11-25(33(40)9-6-12-39-13-15-43-16-14-39)17-27(24)23-38(2)29-7-4-3-5-8-29/h10-11,17-19,21,29,37H,3-9,12-16,20,22-23H2,1-2H3. The van der Waals surface area contributed by atoms with E-state index < -0.39 is 5.82 Å². The zero-order valence-electron chi connectivity index (χ0n) is 25.6. The Kier molecular flexibility index (Phi) is 10.5. The van der Waals surface area contributed by atoms with Crippen LogP contribution in [0.2, 0.25) is 0 Å². The molecule has 8 heteroatoms. The van der Waals surface area contributed by atoms with Crippen molar-refractivity contribution in [3.05, 3.63) is 69.5 Å². The molecule has 2 aliphatic carbocycles. The molecular weight excluding hydrogens is 545 g/mol. The summed E-state index contributed by atoms with van der Waals surface area (Å²) in [7, 11) is 3.81. The van der Waals surface area contributed by atoms with Crippen molar-refractivity contribution in [2.75, 3.05) is 52.3 Å². The van der Waals surface area contributed by atoms with Crippen molar-refractivity contribution in [1.29, 1.82) is 0 Å². The van der Waals surface area contributed by atoms with E-state index in [4.69, 9.17) is 4.74 Å². The number of hydrogen-bond donors (Lipinski definition) is 1. The van der Waals surface area contributed by atoms with Crippen LogP contribution in [0.25, 0.3) is 6.08 Å². The molecule has 1 heterocycles. The molecule has 1 N–H and O–H groups in total. The van der Waals surface area contributed by atoms with Crippen LogP contribution in [0.1, 0.15) is 77.6 Å². The number of Topliss-reactive ketones (excluding diaryl/α,β-unsaturated/α-hetero) is 3. The van der Waals surface area contributed by atoms with Crippen molar-refractivity contribution in [3.8, 4) is 0 Å². The molecule has 2 fully saturated rings. The van der Waals surface area contributed by atoms with Crippen molar-refractivity contribution >= 4 is 29.1 Å². The highest BCUT2D eigenvalue weighted by molar-refractivity contribution is 6.25. The second kappa shape index (κ2) is 14.5.